The van der Waals surface area contributed by atoms with Gasteiger partial charge in [-0.25, -0.2) is 0 Å². The zero-order chi connectivity index (χ0) is 13.4. The second kappa shape index (κ2) is 7.13. The van der Waals surface area contributed by atoms with E-state index in [2.05, 4.69) is 22.5 Å². The Morgan fingerprint density at radius 3 is 2.33 bits per heavy atom. The van der Waals surface area contributed by atoms with Crippen molar-refractivity contribution in [2.75, 3.05) is 11.9 Å². The summed E-state index contributed by atoms with van der Waals surface area (Å²) in [5.74, 6) is 5.81. The maximum absolute atomic E-state index is 10.8. The Balaban J connectivity index is 2.46. The zero-order valence-corrected chi connectivity index (χ0v) is 10.5. The summed E-state index contributed by atoms with van der Waals surface area (Å²) < 4.78 is 0. The van der Waals surface area contributed by atoms with E-state index in [0.717, 1.165) is 11.3 Å². The van der Waals surface area contributed by atoms with Gasteiger partial charge >= 0.3 is 0 Å². The van der Waals surface area contributed by atoms with Crippen molar-refractivity contribution in [1.29, 1.82) is 0 Å². The minimum atomic E-state index is -0.0934. The second-order valence-corrected chi connectivity index (χ2v) is 3.79. The normalized spacial score (nSPS) is 9.00. The van der Waals surface area contributed by atoms with Crippen molar-refractivity contribution < 1.29 is 9.59 Å². The van der Waals surface area contributed by atoms with Crippen molar-refractivity contribution in [2.45, 2.75) is 20.3 Å². The van der Waals surface area contributed by atoms with Gasteiger partial charge < -0.3 is 10.6 Å². The van der Waals surface area contributed by atoms with Crippen LogP contribution in [0.3, 0.4) is 0 Å². The highest BCUT2D eigenvalue weighted by Gasteiger charge is 1.94. The van der Waals surface area contributed by atoms with E-state index >= 15 is 0 Å². The molecule has 0 bridgehead atoms. The minimum absolute atomic E-state index is 0.0449. The highest BCUT2D eigenvalue weighted by atomic mass is 16.2. The van der Waals surface area contributed by atoms with Gasteiger partial charge in [-0.1, -0.05) is 11.8 Å². The minimum Gasteiger partial charge on any atom is -0.355 e. The summed E-state index contributed by atoms with van der Waals surface area (Å²) in [6, 6.07) is 7.30. The third-order valence-electron chi connectivity index (χ3n) is 2.06. The number of hydrogen-bond donors (Lipinski definition) is 2. The van der Waals surface area contributed by atoms with Crippen LogP contribution < -0.4 is 10.6 Å². The molecule has 0 aliphatic rings. The fourth-order valence-corrected chi connectivity index (χ4v) is 1.31. The van der Waals surface area contributed by atoms with Gasteiger partial charge in [-0.05, 0) is 24.3 Å². The van der Waals surface area contributed by atoms with Crippen LogP contribution in [0.4, 0.5) is 5.69 Å². The molecule has 0 unspecified atom stereocenters. The molecular formula is C14H16N2O2. The zero-order valence-electron chi connectivity index (χ0n) is 10.5. The SMILES string of the molecule is CC(=O)NCCC#Cc1ccc(NC(C)=O)cc1. The van der Waals surface area contributed by atoms with Gasteiger partial charge in [0.2, 0.25) is 11.8 Å². The fraction of sp³-hybridized carbons (Fsp3) is 0.286. The summed E-state index contributed by atoms with van der Waals surface area (Å²) in [6.45, 7) is 3.51. The second-order valence-electron chi connectivity index (χ2n) is 3.79. The van der Waals surface area contributed by atoms with Crippen LogP contribution in [0.1, 0.15) is 25.8 Å². The average molecular weight is 244 g/mol. The van der Waals surface area contributed by atoms with Crippen LogP contribution in [0.5, 0.6) is 0 Å². The van der Waals surface area contributed by atoms with Crippen molar-refractivity contribution in [3.63, 3.8) is 0 Å². The van der Waals surface area contributed by atoms with Crippen LogP contribution in [0, 0.1) is 11.8 Å². The van der Waals surface area contributed by atoms with Crippen molar-refractivity contribution >= 4 is 17.5 Å². The van der Waals surface area contributed by atoms with E-state index in [1.807, 2.05) is 12.1 Å². The molecule has 1 rings (SSSR count). The van der Waals surface area contributed by atoms with Crippen molar-refractivity contribution in [3.05, 3.63) is 29.8 Å². The molecule has 0 radical (unpaired) electrons. The number of nitrogens with one attached hydrogen (secondary N) is 2. The molecule has 0 saturated carbocycles. The quantitative estimate of drug-likeness (QED) is 0.625. The predicted octanol–water partition coefficient (Wildman–Crippen LogP) is 1.52. The third kappa shape index (κ3) is 5.71. The molecule has 2 amide bonds. The van der Waals surface area contributed by atoms with Gasteiger partial charge in [0, 0.05) is 38.1 Å². The Kier molecular flexibility index (Phi) is 5.46. The van der Waals surface area contributed by atoms with Crippen LogP contribution in [0.2, 0.25) is 0 Å². The lowest BCUT2D eigenvalue weighted by atomic mass is 10.2. The molecule has 0 aliphatic heterocycles. The molecule has 2 N–H and O–H groups in total. The molecule has 0 aliphatic carbocycles. The first-order valence-corrected chi connectivity index (χ1v) is 5.69. The first kappa shape index (κ1) is 13.8. The molecule has 0 fully saturated rings. The highest BCUT2D eigenvalue weighted by molar-refractivity contribution is 5.88. The lowest BCUT2D eigenvalue weighted by Crippen LogP contribution is -2.20. The maximum Gasteiger partial charge on any atom is 0.221 e. The summed E-state index contributed by atoms with van der Waals surface area (Å²) in [7, 11) is 0. The molecule has 0 saturated heterocycles. The van der Waals surface area contributed by atoms with Crippen LogP contribution in [-0.4, -0.2) is 18.4 Å². The van der Waals surface area contributed by atoms with E-state index in [1.54, 1.807) is 12.1 Å². The van der Waals surface area contributed by atoms with E-state index in [1.165, 1.54) is 13.8 Å². The Bertz CT molecular complexity index is 481. The predicted molar refractivity (Wildman–Crippen MR) is 70.9 cm³/mol. The Morgan fingerprint density at radius 2 is 1.78 bits per heavy atom. The fourth-order valence-electron chi connectivity index (χ4n) is 1.31. The van der Waals surface area contributed by atoms with Crippen LogP contribution in [-0.2, 0) is 9.59 Å². The third-order valence-corrected chi connectivity index (χ3v) is 2.06. The summed E-state index contributed by atoms with van der Waals surface area (Å²) >= 11 is 0. The Hall–Kier alpha value is -2.28. The molecule has 18 heavy (non-hydrogen) atoms. The van der Waals surface area contributed by atoms with E-state index in [4.69, 9.17) is 0 Å². The number of carbonyl (C=O) groups excluding carboxylic acids is 2. The van der Waals surface area contributed by atoms with E-state index in [0.29, 0.717) is 13.0 Å². The van der Waals surface area contributed by atoms with E-state index in [9.17, 15) is 9.59 Å². The van der Waals surface area contributed by atoms with Gasteiger partial charge in [0.1, 0.15) is 0 Å². The summed E-state index contributed by atoms with van der Waals surface area (Å²) in [6.07, 6.45) is 0.618. The first-order chi connectivity index (χ1) is 8.58. The first-order valence-electron chi connectivity index (χ1n) is 5.69. The maximum atomic E-state index is 10.8. The van der Waals surface area contributed by atoms with Crippen LogP contribution in [0.15, 0.2) is 24.3 Å². The monoisotopic (exact) mass is 244 g/mol. The lowest BCUT2D eigenvalue weighted by Gasteiger charge is -2.00. The summed E-state index contributed by atoms with van der Waals surface area (Å²) in [4.78, 5) is 21.4. The lowest BCUT2D eigenvalue weighted by molar-refractivity contribution is -0.119. The largest absolute Gasteiger partial charge is 0.355 e. The molecule has 94 valence electrons. The van der Waals surface area contributed by atoms with Gasteiger partial charge in [0.15, 0.2) is 0 Å². The Labute approximate surface area is 107 Å². The van der Waals surface area contributed by atoms with Gasteiger partial charge in [-0.3, -0.25) is 9.59 Å². The topological polar surface area (TPSA) is 58.2 Å². The number of amides is 2. The van der Waals surface area contributed by atoms with Crippen molar-refractivity contribution in [3.8, 4) is 11.8 Å². The molecular weight excluding hydrogens is 228 g/mol. The molecule has 0 atom stereocenters. The molecule has 4 nitrogen and oxygen atoms in total. The Morgan fingerprint density at radius 1 is 1.11 bits per heavy atom. The number of anilines is 1. The number of benzene rings is 1. The van der Waals surface area contributed by atoms with Crippen molar-refractivity contribution in [1.82, 2.24) is 5.32 Å². The average Bonchev–Trinajstić information content (AvgIpc) is 2.30. The van der Waals surface area contributed by atoms with Crippen molar-refractivity contribution in [2.24, 2.45) is 0 Å². The molecule has 0 heterocycles. The summed E-state index contributed by atoms with van der Waals surface area (Å²) in [5, 5.41) is 5.36. The number of rotatable bonds is 3. The number of hydrogen-bond acceptors (Lipinski definition) is 2. The van der Waals surface area contributed by atoms with Gasteiger partial charge in [-0.15, -0.1) is 0 Å². The van der Waals surface area contributed by atoms with Gasteiger partial charge in [-0.2, -0.15) is 0 Å². The summed E-state index contributed by atoms with van der Waals surface area (Å²) in [5.41, 5.74) is 1.64. The van der Waals surface area contributed by atoms with E-state index < -0.39 is 0 Å². The van der Waals surface area contributed by atoms with Gasteiger partial charge in [0.05, 0.1) is 0 Å². The standard InChI is InChI=1S/C14H16N2O2/c1-11(17)15-10-4-3-5-13-6-8-14(9-7-13)16-12(2)18/h6-9H,4,10H2,1-2H3,(H,15,17)(H,16,18). The molecule has 4 heteroatoms. The molecule has 1 aromatic carbocycles. The van der Waals surface area contributed by atoms with Gasteiger partial charge in [0.25, 0.3) is 0 Å². The smallest absolute Gasteiger partial charge is 0.221 e. The molecule has 0 spiro atoms. The highest BCUT2D eigenvalue weighted by Crippen LogP contribution is 2.08. The number of carbonyl (C=O) groups is 2. The van der Waals surface area contributed by atoms with Crippen LogP contribution >= 0.6 is 0 Å². The van der Waals surface area contributed by atoms with E-state index in [-0.39, 0.29) is 11.8 Å². The molecule has 0 aromatic heterocycles. The van der Waals surface area contributed by atoms with Crippen LogP contribution in [0.25, 0.3) is 0 Å². The molecule has 1 aromatic rings.